The number of esters is 4. The quantitative estimate of drug-likeness (QED) is 0.00889. The Morgan fingerprint density at radius 3 is 0.984 bits per heavy atom. The van der Waals surface area contributed by atoms with E-state index >= 15 is 0 Å². The summed E-state index contributed by atoms with van der Waals surface area (Å²) in [5.74, 6) is -2.94. The van der Waals surface area contributed by atoms with Gasteiger partial charge in [0.2, 0.25) is 0 Å². The monoisotopic (exact) mass is 1760 g/mol. The lowest BCUT2D eigenvalue weighted by atomic mass is 9.84. The van der Waals surface area contributed by atoms with Gasteiger partial charge in [0, 0.05) is 25.7 Å². The molecule has 1 aliphatic carbocycles. The number of carbonyl (C=O) groups is 4. The predicted octanol–water partition coefficient (Wildman–Crippen LogP) is 19.5. The second kappa shape index (κ2) is 74.9. The number of aliphatic hydroxyl groups is 9. The number of unbranched alkanes of at least 4 members (excludes halogenated alkanes) is 56. The first-order valence-corrected chi connectivity index (χ1v) is 51.4. The SMILES string of the molecule is CCCCCC/C=C\CCCCCCCCCC(=O)OC1C(O)C(O)C(OC2OC(CO)C(O)C(O)C2O)C(OP(=O)(O)OCC(COC(=O)CCCCCCCCCCCCCCCCCC)OC(=O)CCCCCCCCCCCCCCCCCC)C1OC1OC(COC(=O)CCCCCCCCCCCCCCCCCC)C(O)C(O)C1O. The number of phosphoric ester groups is 1. The minimum Gasteiger partial charge on any atom is -0.463 e. The van der Waals surface area contributed by atoms with Gasteiger partial charge in [-0.25, -0.2) is 4.57 Å². The Kier molecular flexibility index (Phi) is 69.6. The normalized spacial score (nSPS) is 24.5. The fourth-order valence-electron chi connectivity index (χ4n) is 16.6. The molecule has 122 heavy (non-hydrogen) atoms. The van der Waals surface area contributed by atoms with E-state index in [2.05, 4.69) is 39.8 Å². The molecule has 2 heterocycles. The number of allylic oxidation sites excluding steroid dienone is 2. The lowest BCUT2D eigenvalue weighted by molar-refractivity contribution is -0.360. The third-order valence-corrected chi connectivity index (χ3v) is 25.5. The van der Waals surface area contributed by atoms with E-state index in [0.717, 1.165) is 141 Å². The first-order chi connectivity index (χ1) is 59.2. The van der Waals surface area contributed by atoms with Gasteiger partial charge in [0.05, 0.1) is 13.2 Å². The number of aliphatic hydroxyl groups excluding tert-OH is 9. The van der Waals surface area contributed by atoms with E-state index in [0.29, 0.717) is 32.1 Å². The van der Waals surface area contributed by atoms with E-state index < -0.39 is 162 Å². The lowest BCUT2D eigenvalue weighted by Gasteiger charge is -2.50. The third kappa shape index (κ3) is 54.0. The number of phosphoric acid groups is 1. The molecule has 3 aliphatic rings. The Balaban J connectivity index is 1.89. The van der Waals surface area contributed by atoms with Crippen molar-refractivity contribution in [2.75, 3.05) is 26.4 Å². The summed E-state index contributed by atoms with van der Waals surface area (Å²) in [7, 11) is -5.81. The van der Waals surface area contributed by atoms with Gasteiger partial charge in [0.25, 0.3) is 0 Å². The Bertz CT molecular complexity index is 2570. The average molecular weight is 1760 g/mol. The Morgan fingerprint density at radius 1 is 0.320 bits per heavy atom. The molecule has 0 aromatic carbocycles. The molecule has 1 saturated carbocycles. The Morgan fingerprint density at radius 2 is 0.615 bits per heavy atom. The lowest BCUT2D eigenvalue weighted by Crippen LogP contribution is -2.70. The van der Waals surface area contributed by atoms with Gasteiger partial charge in [-0.3, -0.25) is 28.2 Å². The van der Waals surface area contributed by atoms with Gasteiger partial charge in [0.1, 0.15) is 92.6 Å². The maximum atomic E-state index is 14.9. The minimum atomic E-state index is -5.81. The summed E-state index contributed by atoms with van der Waals surface area (Å²) >= 11 is 0. The van der Waals surface area contributed by atoms with Crippen LogP contribution in [0.15, 0.2) is 12.2 Å². The Labute approximate surface area is 737 Å². The van der Waals surface area contributed by atoms with Crippen molar-refractivity contribution in [2.24, 2.45) is 0 Å². The molecule has 3 rings (SSSR count). The van der Waals surface area contributed by atoms with Crippen molar-refractivity contribution in [2.45, 2.75) is 549 Å². The number of hydrogen-bond acceptors (Lipinski definition) is 24. The van der Waals surface area contributed by atoms with Crippen molar-refractivity contribution in [3.63, 3.8) is 0 Å². The van der Waals surface area contributed by atoms with Crippen LogP contribution in [0.4, 0.5) is 0 Å². The van der Waals surface area contributed by atoms with E-state index in [1.54, 1.807) is 0 Å². The van der Waals surface area contributed by atoms with Crippen LogP contribution < -0.4 is 0 Å². The molecule has 18 atom stereocenters. The number of hydrogen-bond donors (Lipinski definition) is 10. The summed E-state index contributed by atoms with van der Waals surface area (Å²) in [5.41, 5.74) is 0. The van der Waals surface area contributed by atoms with Crippen LogP contribution in [0, 0.1) is 0 Å². The van der Waals surface area contributed by atoms with Crippen LogP contribution in [-0.2, 0) is 70.7 Å². The van der Waals surface area contributed by atoms with E-state index in [1.807, 2.05) is 0 Å². The van der Waals surface area contributed by atoms with Crippen molar-refractivity contribution in [1.82, 2.24) is 0 Å². The molecule has 0 aromatic rings. The summed E-state index contributed by atoms with van der Waals surface area (Å²) in [6.45, 7) is 5.65. The molecule has 0 aromatic heterocycles. The van der Waals surface area contributed by atoms with Crippen LogP contribution in [0.1, 0.15) is 445 Å². The number of carbonyl (C=O) groups excluding carboxylic acids is 4. The first-order valence-electron chi connectivity index (χ1n) is 49.9. The van der Waals surface area contributed by atoms with Crippen LogP contribution in [0.3, 0.4) is 0 Å². The zero-order valence-corrected chi connectivity index (χ0v) is 77.7. The van der Waals surface area contributed by atoms with Gasteiger partial charge in [-0.15, -0.1) is 0 Å². The molecule has 0 amide bonds. The van der Waals surface area contributed by atoms with Gasteiger partial charge >= 0.3 is 31.7 Å². The van der Waals surface area contributed by atoms with Crippen LogP contribution in [-0.4, -0.2) is 205 Å². The maximum Gasteiger partial charge on any atom is 0.472 e. The highest BCUT2D eigenvalue weighted by atomic mass is 31.2. The molecule has 0 radical (unpaired) electrons. The molecule has 3 fully saturated rings. The van der Waals surface area contributed by atoms with E-state index in [4.69, 9.17) is 46.9 Å². The van der Waals surface area contributed by atoms with Gasteiger partial charge in [0.15, 0.2) is 24.8 Å². The summed E-state index contributed by atoms with van der Waals surface area (Å²) < 4.78 is 73.6. The molecule has 18 unspecified atom stereocenters. The van der Waals surface area contributed by atoms with Gasteiger partial charge < -0.3 is 88.7 Å². The maximum absolute atomic E-state index is 14.9. The highest BCUT2D eigenvalue weighted by molar-refractivity contribution is 7.47. The second-order valence-electron chi connectivity index (χ2n) is 35.7. The Hall–Kier alpha value is -2.79. The van der Waals surface area contributed by atoms with Crippen LogP contribution in [0.5, 0.6) is 0 Å². The molecule has 25 nitrogen and oxygen atoms in total. The highest BCUT2D eigenvalue weighted by Crippen LogP contribution is 2.49. The van der Waals surface area contributed by atoms with Gasteiger partial charge in [-0.05, 0) is 51.4 Å². The highest BCUT2D eigenvalue weighted by Gasteiger charge is 2.60. The average Bonchev–Trinajstić information content (AvgIpc) is 0.753. The molecule has 0 spiro atoms. The zero-order valence-electron chi connectivity index (χ0n) is 76.8. The van der Waals surface area contributed by atoms with Crippen molar-refractivity contribution in [3.05, 3.63) is 12.2 Å². The van der Waals surface area contributed by atoms with Crippen LogP contribution in [0.25, 0.3) is 0 Å². The third-order valence-electron chi connectivity index (χ3n) is 24.5. The molecule has 2 saturated heterocycles. The largest absolute Gasteiger partial charge is 0.472 e. The molecule has 718 valence electrons. The molecule has 10 N–H and O–H groups in total. The van der Waals surface area contributed by atoms with Gasteiger partial charge in [-0.2, -0.15) is 0 Å². The molecular formula is C96H179O25P. The summed E-state index contributed by atoms with van der Waals surface area (Å²) in [6, 6.07) is 0. The topological polar surface area (TPSA) is 380 Å². The summed E-state index contributed by atoms with van der Waals surface area (Å²) in [4.78, 5) is 66.7. The van der Waals surface area contributed by atoms with E-state index in [-0.39, 0.29) is 25.7 Å². The summed E-state index contributed by atoms with van der Waals surface area (Å²) in [6.07, 6.45) is 35.9. The number of ether oxygens (including phenoxy) is 8. The fourth-order valence-corrected chi connectivity index (χ4v) is 17.6. The minimum absolute atomic E-state index is 0.0186. The zero-order chi connectivity index (χ0) is 88.9. The fraction of sp³-hybridized carbons (Fsp3) is 0.938. The van der Waals surface area contributed by atoms with E-state index in [9.17, 15) is 74.6 Å². The predicted molar refractivity (Wildman–Crippen MR) is 476 cm³/mol. The number of rotatable bonds is 82. The van der Waals surface area contributed by atoms with Crippen LogP contribution in [0.2, 0.25) is 0 Å². The summed E-state index contributed by atoms with van der Waals surface area (Å²) in [5, 5.41) is 103. The second-order valence-corrected chi connectivity index (χ2v) is 37.1. The van der Waals surface area contributed by atoms with Crippen molar-refractivity contribution < 1.29 is 122 Å². The van der Waals surface area contributed by atoms with Gasteiger partial charge in [-0.1, -0.05) is 380 Å². The molecule has 2 aliphatic heterocycles. The smallest absolute Gasteiger partial charge is 0.463 e. The van der Waals surface area contributed by atoms with E-state index in [1.165, 1.54) is 218 Å². The van der Waals surface area contributed by atoms with Crippen molar-refractivity contribution in [1.29, 1.82) is 0 Å². The molecule has 0 bridgehead atoms. The molecule has 26 heteroatoms. The van der Waals surface area contributed by atoms with Crippen molar-refractivity contribution >= 4 is 31.7 Å². The van der Waals surface area contributed by atoms with Crippen molar-refractivity contribution in [3.8, 4) is 0 Å². The molecular weight excluding hydrogens is 1580 g/mol. The first kappa shape index (κ1) is 113. The standard InChI is InChI=1S/C96H179O25P/c1-5-9-13-17-21-25-29-33-37-41-44-48-52-56-60-64-68-79(98)112-73-76(115-81(100)70-66-62-58-54-50-47-43-39-35-31-27-23-19-15-11-7-3)74-114-122(110,111)121-94-92(119-95-89(108)85(104)83(102)77(72-97)116-95)88(107)87(106)91(118-82(101)71-67-63-59-55-51-46-40-36-32-28-24-20-16-12-8-4)93(94)120-96-90(109)86(105)84(103)78(117-96)75-113-80(99)69-65-61-57-53-49-45-42-38-34-30-26-22-18-14-10-6-2/h28,32,76-78,83-97,102-109H,5-27,29-31,33-75H2,1-4H3,(H,110,111)/b32-28-. The van der Waals surface area contributed by atoms with Crippen LogP contribution >= 0.6 is 7.82 Å².